The molecule has 1 aromatic carbocycles. The van der Waals surface area contributed by atoms with Crippen LogP contribution in [0.3, 0.4) is 0 Å². The zero-order chi connectivity index (χ0) is 11.7. The normalized spacial score (nSPS) is 18.2. The molecule has 2 rings (SSSR count). The fraction of sp³-hybridized carbons (Fsp3) is 0.462. The minimum Gasteiger partial charge on any atom is -0.465 e. The van der Waals surface area contributed by atoms with Crippen molar-refractivity contribution in [2.45, 2.75) is 32.1 Å². The fourth-order valence-corrected chi connectivity index (χ4v) is 2.42. The van der Waals surface area contributed by atoms with Gasteiger partial charge in [0.15, 0.2) is 0 Å². The quantitative estimate of drug-likeness (QED) is 0.829. The van der Waals surface area contributed by atoms with Crippen LogP contribution in [-0.2, 0) is 6.42 Å². The maximum absolute atomic E-state index is 10.9. The van der Waals surface area contributed by atoms with Gasteiger partial charge < -0.3 is 5.11 Å². The number of nitrogens with zero attached hydrogens (tertiary/aromatic N) is 1. The molecule has 0 saturated carbocycles. The molecule has 0 aliphatic heterocycles. The predicted octanol–water partition coefficient (Wildman–Crippen LogP) is 3.24. The number of aryl methyl sites for hydroxylation is 1. The highest BCUT2D eigenvalue weighted by molar-refractivity contribution is 5.85. The summed E-state index contributed by atoms with van der Waals surface area (Å²) < 4.78 is 0. The van der Waals surface area contributed by atoms with Crippen LogP contribution in [0, 0.1) is 0 Å². The van der Waals surface area contributed by atoms with Crippen LogP contribution in [0.5, 0.6) is 0 Å². The van der Waals surface area contributed by atoms with Crippen LogP contribution in [0.4, 0.5) is 10.5 Å². The second-order valence-electron chi connectivity index (χ2n) is 4.37. The highest BCUT2D eigenvalue weighted by Gasteiger charge is 2.22. The van der Waals surface area contributed by atoms with Gasteiger partial charge in [0.2, 0.25) is 0 Å². The molecular weight excluding hydrogens is 202 g/mol. The van der Waals surface area contributed by atoms with E-state index in [2.05, 4.69) is 13.0 Å². The number of fused-ring (bicyclic) bond motifs is 1. The van der Waals surface area contributed by atoms with E-state index in [0.29, 0.717) is 5.92 Å². The highest BCUT2D eigenvalue weighted by Crippen LogP contribution is 2.37. The Hall–Kier alpha value is -1.51. The number of rotatable bonds is 2. The summed E-state index contributed by atoms with van der Waals surface area (Å²) in [7, 11) is 1.58. The molecule has 0 heterocycles. The van der Waals surface area contributed by atoms with Crippen molar-refractivity contribution in [3.8, 4) is 0 Å². The molecule has 1 amide bonds. The lowest BCUT2D eigenvalue weighted by Gasteiger charge is -2.16. The number of hydrogen-bond acceptors (Lipinski definition) is 1. The average molecular weight is 219 g/mol. The van der Waals surface area contributed by atoms with E-state index < -0.39 is 6.09 Å². The van der Waals surface area contributed by atoms with Gasteiger partial charge in [-0.3, -0.25) is 4.90 Å². The topological polar surface area (TPSA) is 40.5 Å². The standard InChI is InChI=1S/C13H17NO2/c1-3-9-4-5-10-6-7-11(8-12(9)10)14(2)13(15)16/h6-9H,3-5H2,1-2H3,(H,15,16). The van der Waals surface area contributed by atoms with Crippen molar-refractivity contribution in [2.24, 2.45) is 0 Å². The minimum absolute atomic E-state index is 0.608. The molecule has 1 unspecified atom stereocenters. The van der Waals surface area contributed by atoms with Gasteiger partial charge in [-0.25, -0.2) is 4.79 Å². The SMILES string of the molecule is CCC1CCc2ccc(N(C)C(=O)O)cc21. The van der Waals surface area contributed by atoms with Crippen LogP contribution in [0.1, 0.15) is 36.8 Å². The molecule has 0 saturated heterocycles. The van der Waals surface area contributed by atoms with E-state index in [1.807, 2.05) is 12.1 Å². The fourth-order valence-electron chi connectivity index (χ4n) is 2.42. The monoisotopic (exact) mass is 219 g/mol. The van der Waals surface area contributed by atoms with E-state index in [4.69, 9.17) is 5.11 Å². The summed E-state index contributed by atoms with van der Waals surface area (Å²) >= 11 is 0. The molecule has 1 aliphatic carbocycles. The summed E-state index contributed by atoms with van der Waals surface area (Å²) in [4.78, 5) is 12.1. The van der Waals surface area contributed by atoms with Crippen molar-refractivity contribution < 1.29 is 9.90 Å². The molecule has 1 aliphatic rings. The van der Waals surface area contributed by atoms with Gasteiger partial charge >= 0.3 is 6.09 Å². The zero-order valence-corrected chi connectivity index (χ0v) is 9.73. The van der Waals surface area contributed by atoms with Gasteiger partial charge in [-0.2, -0.15) is 0 Å². The Morgan fingerprint density at radius 2 is 2.31 bits per heavy atom. The van der Waals surface area contributed by atoms with Crippen LogP contribution in [-0.4, -0.2) is 18.2 Å². The number of carboxylic acid groups (broad SMARTS) is 1. The van der Waals surface area contributed by atoms with Gasteiger partial charge in [0.1, 0.15) is 0 Å². The first kappa shape index (κ1) is 11.0. The molecule has 3 nitrogen and oxygen atoms in total. The second kappa shape index (κ2) is 4.16. The van der Waals surface area contributed by atoms with Crippen molar-refractivity contribution in [3.05, 3.63) is 29.3 Å². The van der Waals surface area contributed by atoms with Crippen molar-refractivity contribution in [1.82, 2.24) is 0 Å². The van der Waals surface area contributed by atoms with Crippen LogP contribution >= 0.6 is 0 Å². The Labute approximate surface area is 95.7 Å². The van der Waals surface area contributed by atoms with E-state index in [0.717, 1.165) is 18.5 Å². The summed E-state index contributed by atoms with van der Waals surface area (Å²) in [6.45, 7) is 2.19. The highest BCUT2D eigenvalue weighted by atomic mass is 16.4. The third-order valence-electron chi connectivity index (χ3n) is 3.50. The van der Waals surface area contributed by atoms with Gasteiger partial charge in [-0.15, -0.1) is 0 Å². The van der Waals surface area contributed by atoms with Gasteiger partial charge in [0.05, 0.1) is 0 Å². The number of carbonyl (C=O) groups is 1. The Balaban J connectivity index is 2.35. The largest absolute Gasteiger partial charge is 0.465 e. The van der Waals surface area contributed by atoms with Gasteiger partial charge in [0.25, 0.3) is 0 Å². The maximum atomic E-state index is 10.9. The molecule has 0 aromatic heterocycles. The molecule has 0 spiro atoms. The number of hydrogen-bond donors (Lipinski definition) is 1. The summed E-state index contributed by atoms with van der Waals surface area (Å²) in [5, 5.41) is 8.93. The molecular formula is C13H17NO2. The third-order valence-corrected chi connectivity index (χ3v) is 3.50. The molecule has 0 fully saturated rings. The Kier molecular flexibility index (Phi) is 2.86. The van der Waals surface area contributed by atoms with Crippen LogP contribution in [0.2, 0.25) is 0 Å². The average Bonchev–Trinajstić information content (AvgIpc) is 2.69. The molecule has 16 heavy (non-hydrogen) atoms. The van der Waals surface area contributed by atoms with Gasteiger partial charge in [-0.1, -0.05) is 13.0 Å². The Bertz CT molecular complexity index is 414. The van der Waals surface area contributed by atoms with Gasteiger partial charge in [0, 0.05) is 12.7 Å². The molecule has 0 radical (unpaired) electrons. The Morgan fingerprint density at radius 1 is 1.56 bits per heavy atom. The van der Waals surface area contributed by atoms with Crippen LogP contribution < -0.4 is 4.90 Å². The lowest BCUT2D eigenvalue weighted by molar-refractivity contribution is 0.203. The van der Waals surface area contributed by atoms with Crippen molar-refractivity contribution in [2.75, 3.05) is 11.9 Å². The number of benzene rings is 1. The van der Waals surface area contributed by atoms with E-state index in [1.54, 1.807) is 7.05 Å². The van der Waals surface area contributed by atoms with E-state index in [-0.39, 0.29) is 0 Å². The molecule has 1 atom stereocenters. The summed E-state index contributed by atoms with van der Waals surface area (Å²) in [6.07, 6.45) is 2.55. The summed E-state index contributed by atoms with van der Waals surface area (Å²) in [6, 6.07) is 6.00. The Morgan fingerprint density at radius 3 is 2.94 bits per heavy atom. The third kappa shape index (κ3) is 1.77. The first-order chi connectivity index (χ1) is 7.63. The minimum atomic E-state index is -0.911. The zero-order valence-electron chi connectivity index (χ0n) is 9.73. The molecule has 1 aromatic rings. The second-order valence-corrected chi connectivity index (χ2v) is 4.37. The summed E-state index contributed by atoms with van der Waals surface area (Å²) in [5.74, 6) is 0.608. The number of anilines is 1. The lowest BCUT2D eigenvalue weighted by atomic mass is 9.98. The molecule has 3 heteroatoms. The first-order valence-corrected chi connectivity index (χ1v) is 5.73. The van der Waals surface area contributed by atoms with E-state index >= 15 is 0 Å². The van der Waals surface area contributed by atoms with E-state index in [1.165, 1.54) is 22.4 Å². The smallest absolute Gasteiger partial charge is 0.411 e. The molecule has 0 bridgehead atoms. The predicted molar refractivity (Wildman–Crippen MR) is 64.2 cm³/mol. The first-order valence-electron chi connectivity index (χ1n) is 5.73. The van der Waals surface area contributed by atoms with Crippen LogP contribution in [0.15, 0.2) is 18.2 Å². The van der Waals surface area contributed by atoms with Crippen molar-refractivity contribution in [3.63, 3.8) is 0 Å². The van der Waals surface area contributed by atoms with Crippen LogP contribution in [0.25, 0.3) is 0 Å². The van der Waals surface area contributed by atoms with Crippen molar-refractivity contribution >= 4 is 11.8 Å². The summed E-state index contributed by atoms with van der Waals surface area (Å²) in [5.41, 5.74) is 3.49. The van der Waals surface area contributed by atoms with E-state index in [9.17, 15) is 4.79 Å². The van der Waals surface area contributed by atoms with Gasteiger partial charge in [-0.05, 0) is 48.4 Å². The molecule has 86 valence electrons. The number of amides is 1. The maximum Gasteiger partial charge on any atom is 0.411 e. The lowest BCUT2D eigenvalue weighted by Crippen LogP contribution is -2.23. The van der Waals surface area contributed by atoms with Crippen molar-refractivity contribution in [1.29, 1.82) is 0 Å². The molecule has 1 N–H and O–H groups in total.